The maximum atomic E-state index is 13.3. The molecular formula is C28H33N3O4. The average molecular weight is 476 g/mol. The molecule has 0 radical (unpaired) electrons. The summed E-state index contributed by atoms with van der Waals surface area (Å²) < 4.78 is 5.16. The number of carbonyl (C=O) groups excluding carboxylic acids is 3. The van der Waals surface area contributed by atoms with Gasteiger partial charge in [0, 0.05) is 17.3 Å². The number of nitrogens with one attached hydrogen (secondary N) is 1. The quantitative estimate of drug-likeness (QED) is 0.488. The van der Waals surface area contributed by atoms with E-state index in [1.165, 1.54) is 18.4 Å². The van der Waals surface area contributed by atoms with Gasteiger partial charge in [-0.3, -0.25) is 14.9 Å². The lowest BCUT2D eigenvalue weighted by molar-refractivity contribution is -0.122. The van der Waals surface area contributed by atoms with Crippen LogP contribution in [0.2, 0.25) is 0 Å². The van der Waals surface area contributed by atoms with E-state index >= 15 is 0 Å². The number of ether oxygens (including phenoxy) is 1. The standard InChI is InChI=1S/C28H33N3O4/c1-16(2)31-24-12-17(3)19(13-22(24)18(4)15-28(31,5)6)14-23-25(32)29-27(34)30(26(23)33)20-8-10-21(35-7)11-9-20/h8-14,16,18H,15H2,1-7H3,(H,29,32,34)/b23-14+/t18-/m1/s1. The molecule has 2 aliphatic rings. The molecule has 1 fully saturated rings. The normalized spacial score (nSPS) is 20.9. The van der Waals surface area contributed by atoms with Crippen molar-refractivity contribution in [3.05, 3.63) is 58.7 Å². The summed E-state index contributed by atoms with van der Waals surface area (Å²) in [7, 11) is 1.54. The number of carbonyl (C=O) groups is 3. The molecule has 0 unspecified atom stereocenters. The molecule has 0 spiro atoms. The molecule has 4 rings (SSSR count). The largest absolute Gasteiger partial charge is 0.497 e. The number of urea groups is 1. The number of imide groups is 2. The van der Waals surface area contributed by atoms with E-state index < -0.39 is 17.8 Å². The van der Waals surface area contributed by atoms with E-state index in [9.17, 15) is 14.4 Å². The molecule has 0 bridgehead atoms. The third kappa shape index (κ3) is 4.31. The molecule has 7 nitrogen and oxygen atoms in total. The zero-order valence-corrected chi connectivity index (χ0v) is 21.4. The Morgan fingerprint density at radius 3 is 2.37 bits per heavy atom. The van der Waals surface area contributed by atoms with E-state index in [-0.39, 0.29) is 11.1 Å². The van der Waals surface area contributed by atoms with Crippen molar-refractivity contribution in [2.45, 2.75) is 65.5 Å². The predicted molar refractivity (Wildman–Crippen MR) is 138 cm³/mol. The summed E-state index contributed by atoms with van der Waals surface area (Å²) in [6.07, 6.45) is 2.60. The lowest BCUT2D eigenvalue weighted by Crippen LogP contribution is -2.54. The van der Waals surface area contributed by atoms with Gasteiger partial charge in [-0.2, -0.15) is 0 Å². The van der Waals surface area contributed by atoms with Gasteiger partial charge in [-0.1, -0.05) is 6.92 Å². The summed E-state index contributed by atoms with van der Waals surface area (Å²) in [6, 6.07) is 10.3. The number of amides is 4. The summed E-state index contributed by atoms with van der Waals surface area (Å²) >= 11 is 0. The molecule has 1 atom stereocenters. The van der Waals surface area contributed by atoms with Gasteiger partial charge in [0.1, 0.15) is 11.3 Å². The fraction of sp³-hybridized carbons (Fsp3) is 0.393. The molecule has 2 aromatic carbocycles. The van der Waals surface area contributed by atoms with Crippen molar-refractivity contribution >= 4 is 35.3 Å². The highest BCUT2D eigenvalue weighted by Crippen LogP contribution is 2.45. The highest BCUT2D eigenvalue weighted by molar-refractivity contribution is 6.39. The monoisotopic (exact) mass is 475 g/mol. The number of methoxy groups -OCH3 is 1. The molecule has 1 N–H and O–H groups in total. The molecule has 2 aromatic rings. The number of aryl methyl sites for hydroxylation is 1. The third-order valence-corrected chi connectivity index (χ3v) is 6.91. The van der Waals surface area contributed by atoms with Crippen molar-refractivity contribution in [3.63, 3.8) is 0 Å². The summed E-state index contributed by atoms with van der Waals surface area (Å²) in [4.78, 5) is 42.0. The zero-order valence-electron chi connectivity index (χ0n) is 21.4. The maximum Gasteiger partial charge on any atom is 0.335 e. The van der Waals surface area contributed by atoms with Gasteiger partial charge >= 0.3 is 6.03 Å². The smallest absolute Gasteiger partial charge is 0.335 e. The zero-order chi connectivity index (χ0) is 25.7. The van der Waals surface area contributed by atoms with Crippen LogP contribution in [0.3, 0.4) is 0 Å². The van der Waals surface area contributed by atoms with Crippen molar-refractivity contribution in [2.75, 3.05) is 16.9 Å². The van der Waals surface area contributed by atoms with Crippen LogP contribution in [0.5, 0.6) is 5.75 Å². The summed E-state index contributed by atoms with van der Waals surface area (Å²) in [6.45, 7) is 13.1. The van der Waals surface area contributed by atoms with Crippen molar-refractivity contribution in [1.82, 2.24) is 5.32 Å². The number of nitrogens with zero attached hydrogens (tertiary/aromatic N) is 2. The molecule has 4 amide bonds. The summed E-state index contributed by atoms with van der Waals surface area (Å²) in [5.41, 5.74) is 4.44. The number of rotatable bonds is 4. The van der Waals surface area contributed by atoms with Crippen LogP contribution in [0.1, 0.15) is 63.6 Å². The highest BCUT2D eigenvalue weighted by atomic mass is 16.5. The Morgan fingerprint density at radius 1 is 1.11 bits per heavy atom. The molecule has 0 aliphatic carbocycles. The van der Waals surface area contributed by atoms with Crippen LogP contribution in [0, 0.1) is 6.92 Å². The number of hydrogen-bond acceptors (Lipinski definition) is 5. The minimum Gasteiger partial charge on any atom is -0.497 e. The molecule has 2 aliphatic heterocycles. The fourth-order valence-corrected chi connectivity index (χ4v) is 5.53. The lowest BCUT2D eigenvalue weighted by Gasteiger charge is -2.50. The second kappa shape index (κ2) is 8.87. The molecule has 184 valence electrons. The summed E-state index contributed by atoms with van der Waals surface area (Å²) in [5.74, 6) is -0.428. The third-order valence-electron chi connectivity index (χ3n) is 6.91. The second-order valence-corrected chi connectivity index (χ2v) is 10.3. The first-order valence-electron chi connectivity index (χ1n) is 11.9. The van der Waals surface area contributed by atoms with Gasteiger partial charge < -0.3 is 9.64 Å². The van der Waals surface area contributed by atoms with E-state index in [1.807, 2.05) is 6.92 Å². The van der Waals surface area contributed by atoms with Crippen LogP contribution < -0.4 is 19.9 Å². The Morgan fingerprint density at radius 2 is 1.77 bits per heavy atom. The first kappa shape index (κ1) is 24.5. The van der Waals surface area contributed by atoms with Crippen LogP contribution in [-0.4, -0.2) is 36.5 Å². The average Bonchev–Trinajstić information content (AvgIpc) is 2.76. The van der Waals surface area contributed by atoms with Gasteiger partial charge in [-0.05, 0) is 106 Å². The first-order chi connectivity index (χ1) is 16.4. The fourth-order valence-electron chi connectivity index (χ4n) is 5.53. The molecule has 35 heavy (non-hydrogen) atoms. The van der Waals surface area contributed by atoms with Crippen LogP contribution in [0.15, 0.2) is 42.0 Å². The minimum absolute atomic E-state index is 0.0193. The topological polar surface area (TPSA) is 79.0 Å². The maximum absolute atomic E-state index is 13.3. The van der Waals surface area contributed by atoms with E-state index in [4.69, 9.17) is 4.74 Å². The van der Waals surface area contributed by atoms with Crippen LogP contribution >= 0.6 is 0 Å². The first-order valence-corrected chi connectivity index (χ1v) is 11.9. The Bertz CT molecular complexity index is 1230. The van der Waals surface area contributed by atoms with Crippen LogP contribution in [-0.2, 0) is 9.59 Å². The molecule has 0 saturated carbocycles. The Kier molecular flexibility index (Phi) is 6.21. The summed E-state index contributed by atoms with van der Waals surface area (Å²) in [5, 5.41) is 2.30. The van der Waals surface area contributed by atoms with Gasteiger partial charge in [0.25, 0.3) is 11.8 Å². The number of benzene rings is 2. The Labute approximate surface area is 206 Å². The SMILES string of the molecule is COc1ccc(N2C(=O)NC(=O)/C(=C\c3cc4c(cc3C)N(C(C)C)C(C)(C)C[C@H]4C)C2=O)cc1. The molecule has 0 aromatic heterocycles. The highest BCUT2D eigenvalue weighted by Gasteiger charge is 2.39. The van der Waals surface area contributed by atoms with Crippen molar-refractivity contribution in [3.8, 4) is 5.75 Å². The van der Waals surface area contributed by atoms with Gasteiger partial charge in [0.15, 0.2) is 0 Å². The van der Waals surface area contributed by atoms with Crippen molar-refractivity contribution in [1.29, 1.82) is 0 Å². The predicted octanol–water partition coefficient (Wildman–Crippen LogP) is 5.17. The van der Waals surface area contributed by atoms with Crippen LogP contribution in [0.4, 0.5) is 16.2 Å². The molecule has 1 saturated heterocycles. The molecular weight excluding hydrogens is 442 g/mol. The number of hydrogen-bond donors (Lipinski definition) is 1. The van der Waals surface area contributed by atoms with Crippen molar-refractivity contribution in [2.24, 2.45) is 0 Å². The Hall–Kier alpha value is -3.61. The minimum atomic E-state index is -0.770. The van der Waals surface area contributed by atoms with Crippen LogP contribution in [0.25, 0.3) is 6.08 Å². The van der Waals surface area contributed by atoms with E-state index in [0.717, 1.165) is 22.4 Å². The second-order valence-electron chi connectivity index (χ2n) is 10.3. The lowest BCUT2D eigenvalue weighted by atomic mass is 9.78. The van der Waals surface area contributed by atoms with E-state index in [0.29, 0.717) is 23.4 Å². The number of fused-ring (bicyclic) bond motifs is 1. The molecule has 7 heteroatoms. The molecule has 2 heterocycles. The van der Waals surface area contributed by atoms with E-state index in [1.54, 1.807) is 30.3 Å². The Balaban J connectivity index is 1.77. The van der Waals surface area contributed by atoms with Gasteiger partial charge in [-0.15, -0.1) is 0 Å². The van der Waals surface area contributed by atoms with Gasteiger partial charge in [0.2, 0.25) is 0 Å². The van der Waals surface area contributed by atoms with Gasteiger partial charge in [0.05, 0.1) is 12.8 Å². The number of anilines is 2. The van der Waals surface area contributed by atoms with Gasteiger partial charge in [-0.25, -0.2) is 9.69 Å². The number of barbiturate groups is 1. The van der Waals surface area contributed by atoms with E-state index in [2.05, 4.69) is 57.0 Å². The van der Waals surface area contributed by atoms with Crippen molar-refractivity contribution < 1.29 is 19.1 Å².